The average molecular weight is 337 g/mol. The lowest BCUT2D eigenvalue weighted by atomic mass is 9.98. The molecule has 0 bridgehead atoms. The lowest BCUT2D eigenvalue weighted by molar-refractivity contribution is 0.552. The van der Waals surface area contributed by atoms with E-state index in [0.717, 1.165) is 15.6 Å². The molecular weight excluding hydrogens is 320 g/mol. The molecule has 0 fully saturated rings. The Morgan fingerprint density at radius 2 is 2.10 bits per heavy atom. The van der Waals surface area contributed by atoms with Crippen LogP contribution in [-0.2, 0) is 5.54 Å². The second-order valence-corrected chi connectivity index (χ2v) is 6.10. The highest BCUT2D eigenvalue weighted by molar-refractivity contribution is 9.10. The van der Waals surface area contributed by atoms with Crippen LogP contribution in [0.15, 0.2) is 33.8 Å². The summed E-state index contributed by atoms with van der Waals surface area (Å²) >= 11 is 3.38. The topological polar surface area (TPSA) is 83.8 Å². The molecule has 5 nitrogen and oxygen atoms in total. The Balaban J connectivity index is 2.32. The van der Waals surface area contributed by atoms with Crippen LogP contribution >= 0.6 is 15.9 Å². The van der Waals surface area contributed by atoms with E-state index in [-0.39, 0.29) is 5.56 Å². The summed E-state index contributed by atoms with van der Waals surface area (Å²) in [5, 5.41) is 3.03. The first-order valence-corrected chi connectivity index (χ1v) is 6.98. The third kappa shape index (κ3) is 3.08. The molecule has 2 heterocycles. The lowest BCUT2D eigenvalue weighted by Crippen LogP contribution is -2.28. The number of anilines is 2. The van der Waals surface area contributed by atoms with Crippen molar-refractivity contribution in [3.63, 3.8) is 0 Å². The van der Waals surface area contributed by atoms with Gasteiger partial charge in [-0.15, -0.1) is 0 Å². The fraction of sp³-hybridized carbons (Fsp3) is 0.286. The van der Waals surface area contributed by atoms with Gasteiger partial charge in [-0.05, 0) is 53.9 Å². The Hall–Kier alpha value is -1.66. The summed E-state index contributed by atoms with van der Waals surface area (Å²) in [4.78, 5) is 18.8. The Kier molecular flexibility index (Phi) is 3.96. The maximum absolute atomic E-state index is 11.8. The number of hydrogen-bond donors (Lipinski definition) is 3. The number of nitrogens with one attached hydrogen (secondary N) is 2. The summed E-state index contributed by atoms with van der Waals surface area (Å²) in [6, 6.07) is 3.71. The number of nitrogens with zero attached hydrogens (tertiary/aromatic N) is 1. The van der Waals surface area contributed by atoms with E-state index in [0.29, 0.717) is 11.5 Å². The van der Waals surface area contributed by atoms with Crippen LogP contribution in [0.1, 0.15) is 25.0 Å². The van der Waals surface area contributed by atoms with Crippen molar-refractivity contribution < 1.29 is 0 Å². The van der Waals surface area contributed by atoms with Crippen LogP contribution < -0.4 is 16.6 Å². The maximum atomic E-state index is 11.8. The first kappa shape index (κ1) is 14.7. The van der Waals surface area contributed by atoms with Crippen LogP contribution in [-0.4, -0.2) is 9.97 Å². The minimum atomic E-state index is -0.436. The second-order valence-electron chi connectivity index (χ2n) is 5.24. The van der Waals surface area contributed by atoms with Crippen molar-refractivity contribution in [3.05, 3.63) is 50.5 Å². The standard InChI is InChI=1S/C14H17BrN4O/c1-8-10(15)7-18-13(20)12(8)19-11-5-4-9(6-17-11)14(2,3)16/h4-7H,16H2,1-3H3,(H,17,19)(H,18,20). The molecular formula is C14H17BrN4O. The number of halogens is 1. The Labute approximate surface area is 125 Å². The van der Waals surface area contributed by atoms with Gasteiger partial charge < -0.3 is 16.0 Å². The predicted molar refractivity (Wildman–Crippen MR) is 84.2 cm³/mol. The van der Waals surface area contributed by atoms with Gasteiger partial charge in [-0.2, -0.15) is 0 Å². The maximum Gasteiger partial charge on any atom is 0.272 e. The van der Waals surface area contributed by atoms with E-state index in [1.165, 1.54) is 0 Å². The van der Waals surface area contributed by atoms with Gasteiger partial charge in [0.1, 0.15) is 11.5 Å². The molecule has 0 aromatic carbocycles. The van der Waals surface area contributed by atoms with Gasteiger partial charge in [-0.25, -0.2) is 4.98 Å². The molecule has 2 rings (SSSR count). The summed E-state index contributed by atoms with van der Waals surface area (Å²) in [5.74, 6) is 0.602. The zero-order valence-electron chi connectivity index (χ0n) is 11.6. The van der Waals surface area contributed by atoms with Crippen LogP contribution in [0.25, 0.3) is 0 Å². The lowest BCUT2D eigenvalue weighted by Gasteiger charge is -2.18. The monoisotopic (exact) mass is 336 g/mol. The summed E-state index contributed by atoms with van der Waals surface area (Å²) < 4.78 is 0.833. The number of aromatic nitrogens is 2. The van der Waals surface area contributed by atoms with Crippen LogP contribution in [0.5, 0.6) is 0 Å². The number of pyridine rings is 2. The second kappa shape index (κ2) is 5.38. The highest BCUT2D eigenvalue weighted by Crippen LogP contribution is 2.22. The van der Waals surface area contributed by atoms with Crippen molar-refractivity contribution in [1.29, 1.82) is 0 Å². The number of nitrogens with two attached hydrogens (primary N) is 1. The smallest absolute Gasteiger partial charge is 0.272 e. The molecule has 20 heavy (non-hydrogen) atoms. The predicted octanol–water partition coefficient (Wildman–Crippen LogP) is 2.78. The van der Waals surface area contributed by atoms with E-state index in [4.69, 9.17) is 5.73 Å². The molecule has 0 aliphatic heterocycles. The molecule has 0 aliphatic carbocycles. The number of rotatable bonds is 3. The van der Waals surface area contributed by atoms with Crippen LogP contribution in [0.3, 0.4) is 0 Å². The van der Waals surface area contributed by atoms with Crippen molar-refractivity contribution in [1.82, 2.24) is 9.97 Å². The zero-order valence-corrected chi connectivity index (χ0v) is 13.2. The fourth-order valence-corrected chi connectivity index (χ4v) is 2.04. The van der Waals surface area contributed by atoms with Crippen molar-refractivity contribution in [3.8, 4) is 0 Å². The summed E-state index contributed by atoms with van der Waals surface area (Å²) in [6.07, 6.45) is 3.33. The third-order valence-electron chi connectivity index (χ3n) is 3.05. The molecule has 0 aliphatic rings. The van der Waals surface area contributed by atoms with Gasteiger partial charge >= 0.3 is 0 Å². The van der Waals surface area contributed by atoms with Crippen molar-refractivity contribution in [2.75, 3.05) is 5.32 Å². The normalized spacial score (nSPS) is 11.4. The molecule has 0 spiro atoms. The van der Waals surface area contributed by atoms with Crippen LogP contribution in [0.4, 0.5) is 11.5 Å². The van der Waals surface area contributed by atoms with E-state index in [9.17, 15) is 4.79 Å². The number of aromatic amines is 1. The van der Waals surface area contributed by atoms with Gasteiger partial charge in [0.15, 0.2) is 0 Å². The Morgan fingerprint density at radius 3 is 2.65 bits per heavy atom. The zero-order chi connectivity index (χ0) is 14.9. The van der Waals surface area contributed by atoms with Crippen molar-refractivity contribution >= 4 is 27.4 Å². The molecule has 106 valence electrons. The minimum Gasteiger partial charge on any atom is -0.335 e. The van der Waals surface area contributed by atoms with E-state index >= 15 is 0 Å². The molecule has 0 atom stereocenters. The van der Waals surface area contributed by atoms with Gasteiger partial charge in [-0.3, -0.25) is 4.79 Å². The van der Waals surface area contributed by atoms with E-state index in [1.54, 1.807) is 12.4 Å². The molecule has 2 aromatic heterocycles. The van der Waals surface area contributed by atoms with Crippen molar-refractivity contribution in [2.45, 2.75) is 26.3 Å². The molecule has 6 heteroatoms. The third-order valence-corrected chi connectivity index (χ3v) is 3.87. The fourth-order valence-electron chi connectivity index (χ4n) is 1.73. The van der Waals surface area contributed by atoms with Gasteiger partial charge in [0.05, 0.1) is 0 Å². The van der Waals surface area contributed by atoms with Gasteiger partial charge in [0.25, 0.3) is 5.56 Å². The molecule has 0 saturated heterocycles. The number of H-pyrrole nitrogens is 1. The molecule has 4 N–H and O–H groups in total. The Bertz CT molecular complexity index is 671. The van der Waals surface area contributed by atoms with E-state index in [2.05, 4.69) is 31.2 Å². The van der Waals surface area contributed by atoms with Gasteiger partial charge in [0.2, 0.25) is 0 Å². The van der Waals surface area contributed by atoms with Gasteiger partial charge in [0, 0.05) is 22.4 Å². The minimum absolute atomic E-state index is 0.185. The highest BCUT2D eigenvalue weighted by Gasteiger charge is 2.14. The van der Waals surface area contributed by atoms with E-state index < -0.39 is 5.54 Å². The summed E-state index contributed by atoms with van der Waals surface area (Å²) in [5.41, 5.74) is 7.63. The molecule has 0 amide bonds. The van der Waals surface area contributed by atoms with E-state index in [1.807, 2.05) is 32.9 Å². The largest absolute Gasteiger partial charge is 0.335 e. The molecule has 0 unspecified atom stereocenters. The highest BCUT2D eigenvalue weighted by atomic mass is 79.9. The summed E-state index contributed by atoms with van der Waals surface area (Å²) in [7, 11) is 0. The molecule has 0 saturated carbocycles. The average Bonchev–Trinajstić information content (AvgIpc) is 2.39. The number of hydrogen-bond acceptors (Lipinski definition) is 4. The SMILES string of the molecule is Cc1c(Br)c[nH]c(=O)c1Nc1ccc(C(C)(C)N)cn1. The van der Waals surface area contributed by atoms with Gasteiger partial charge in [-0.1, -0.05) is 6.07 Å². The first-order valence-electron chi connectivity index (χ1n) is 6.19. The van der Waals surface area contributed by atoms with Crippen molar-refractivity contribution in [2.24, 2.45) is 5.73 Å². The summed E-state index contributed by atoms with van der Waals surface area (Å²) in [6.45, 7) is 5.69. The van der Waals surface area contributed by atoms with Crippen LogP contribution in [0.2, 0.25) is 0 Å². The quantitative estimate of drug-likeness (QED) is 0.804. The first-order chi connectivity index (χ1) is 9.29. The molecule has 2 aromatic rings. The molecule has 0 radical (unpaired) electrons. The Morgan fingerprint density at radius 1 is 1.40 bits per heavy atom. The van der Waals surface area contributed by atoms with Crippen LogP contribution in [0, 0.1) is 6.92 Å².